The van der Waals surface area contributed by atoms with Crippen LogP contribution >= 0.6 is 0 Å². The Kier molecular flexibility index (Phi) is 5.78. The van der Waals surface area contributed by atoms with E-state index in [0.717, 1.165) is 17.0 Å². The molecule has 1 N–H and O–H groups in total. The molecule has 1 saturated heterocycles. The third-order valence-electron chi connectivity index (χ3n) is 5.07. The second-order valence-electron chi connectivity index (χ2n) is 7.06. The fraction of sp³-hybridized carbons (Fsp3) is 0.450. The zero-order valence-electron chi connectivity index (χ0n) is 16.2. The molecule has 1 fully saturated rings. The maximum Gasteiger partial charge on any atom is 0.317 e. The molecule has 1 aliphatic rings. The molecule has 0 spiro atoms. The van der Waals surface area contributed by atoms with E-state index in [0.29, 0.717) is 32.7 Å². The van der Waals surface area contributed by atoms with Crippen molar-refractivity contribution in [2.45, 2.75) is 33.9 Å². The van der Waals surface area contributed by atoms with E-state index in [2.05, 4.69) is 10.3 Å². The van der Waals surface area contributed by atoms with Crippen LogP contribution < -0.4 is 5.32 Å². The van der Waals surface area contributed by atoms with Gasteiger partial charge in [0.05, 0.1) is 12.0 Å². The first-order valence-corrected chi connectivity index (χ1v) is 9.28. The third kappa shape index (κ3) is 4.67. The van der Waals surface area contributed by atoms with Gasteiger partial charge < -0.3 is 19.7 Å². The van der Waals surface area contributed by atoms with Gasteiger partial charge in [-0.3, -0.25) is 4.79 Å². The summed E-state index contributed by atoms with van der Waals surface area (Å²) in [5, 5.41) is 2.90. The van der Waals surface area contributed by atoms with Gasteiger partial charge in [-0.1, -0.05) is 29.8 Å². The summed E-state index contributed by atoms with van der Waals surface area (Å²) in [4.78, 5) is 32.4. The normalized spacial score (nSPS) is 14.6. The Hall–Kier alpha value is -2.83. The van der Waals surface area contributed by atoms with Crippen LogP contribution in [0.1, 0.15) is 22.5 Å². The van der Waals surface area contributed by atoms with Gasteiger partial charge in [0.25, 0.3) is 0 Å². The molecule has 3 amide bonds. The van der Waals surface area contributed by atoms with Crippen molar-refractivity contribution in [3.63, 3.8) is 0 Å². The van der Waals surface area contributed by atoms with Gasteiger partial charge >= 0.3 is 6.03 Å². The topological polar surface area (TPSA) is 70.5 Å². The number of urea groups is 1. The number of imidazole rings is 1. The Labute approximate surface area is 160 Å². The molecule has 7 heteroatoms. The fourth-order valence-electron chi connectivity index (χ4n) is 3.13. The van der Waals surface area contributed by atoms with Gasteiger partial charge in [-0.05, 0) is 26.3 Å². The van der Waals surface area contributed by atoms with Crippen molar-refractivity contribution in [2.24, 2.45) is 0 Å². The minimum absolute atomic E-state index is 0.0157. The average molecular weight is 369 g/mol. The highest BCUT2D eigenvalue weighted by Crippen LogP contribution is 2.11. The molecule has 0 radical (unpaired) electrons. The Bertz CT molecular complexity index is 812. The van der Waals surface area contributed by atoms with Gasteiger partial charge in [0, 0.05) is 38.4 Å². The standard InChI is InChI=1S/C20H27N5O2/c1-15-4-6-18(7-5-15)12-23-10-11-24(13-19(23)26)20(27)21-8-9-25-14-22-16(2)17(25)3/h4-7,14H,8-13H2,1-3H3,(H,21,27). The highest BCUT2D eigenvalue weighted by Gasteiger charge is 2.26. The largest absolute Gasteiger partial charge is 0.336 e. The first-order valence-electron chi connectivity index (χ1n) is 9.28. The number of nitrogens with zero attached hydrogens (tertiary/aromatic N) is 4. The van der Waals surface area contributed by atoms with Crippen LogP contribution in [0.4, 0.5) is 4.79 Å². The van der Waals surface area contributed by atoms with Crippen LogP contribution in [0, 0.1) is 20.8 Å². The Morgan fingerprint density at radius 1 is 1.15 bits per heavy atom. The zero-order valence-corrected chi connectivity index (χ0v) is 16.2. The molecule has 0 saturated carbocycles. The van der Waals surface area contributed by atoms with Crippen LogP contribution in [0.25, 0.3) is 0 Å². The summed E-state index contributed by atoms with van der Waals surface area (Å²) in [5.74, 6) is -0.0157. The predicted octanol–water partition coefficient (Wildman–Crippen LogP) is 1.86. The second-order valence-corrected chi connectivity index (χ2v) is 7.06. The van der Waals surface area contributed by atoms with E-state index >= 15 is 0 Å². The predicted molar refractivity (Wildman–Crippen MR) is 103 cm³/mol. The number of rotatable bonds is 5. The van der Waals surface area contributed by atoms with Gasteiger partial charge in [0.15, 0.2) is 0 Å². The van der Waals surface area contributed by atoms with E-state index in [1.807, 2.05) is 54.5 Å². The Morgan fingerprint density at radius 2 is 1.89 bits per heavy atom. The molecule has 3 rings (SSSR count). The summed E-state index contributed by atoms with van der Waals surface area (Å²) in [6.07, 6.45) is 1.78. The molecule has 2 aromatic rings. The Morgan fingerprint density at radius 3 is 2.52 bits per heavy atom. The van der Waals surface area contributed by atoms with Crippen molar-refractivity contribution in [3.8, 4) is 0 Å². The van der Waals surface area contributed by atoms with Crippen LogP contribution in [0.2, 0.25) is 0 Å². The van der Waals surface area contributed by atoms with E-state index in [4.69, 9.17) is 0 Å². The first-order chi connectivity index (χ1) is 12.9. The highest BCUT2D eigenvalue weighted by atomic mass is 16.2. The summed E-state index contributed by atoms with van der Waals surface area (Å²) in [6.45, 7) is 9.01. The second kappa shape index (κ2) is 8.24. The van der Waals surface area contributed by atoms with Gasteiger partial charge in [0.2, 0.25) is 5.91 Å². The maximum absolute atomic E-state index is 12.4. The van der Waals surface area contributed by atoms with Crippen LogP contribution in [-0.4, -0.2) is 57.5 Å². The fourth-order valence-corrected chi connectivity index (χ4v) is 3.13. The van der Waals surface area contributed by atoms with Crippen LogP contribution in [-0.2, 0) is 17.9 Å². The van der Waals surface area contributed by atoms with E-state index in [1.165, 1.54) is 5.56 Å². The van der Waals surface area contributed by atoms with Crippen LogP contribution in [0.15, 0.2) is 30.6 Å². The lowest BCUT2D eigenvalue weighted by Gasteiger charge is -2.34. The molecule has 27 heavy (non-hydrogen) atoms. The van der Waals surface area contributed by atoms with Crippen molar-refractivity contribution < 1.29 is 9.59 Å². The number of hydrogen-bond donors (Lipinski definition) is 1. The molecular formula is C20H27N5O2. The van der Waals surface area contributed by atoms with E-state index in [-0.39, 0.29) is 18.5 Å². The van der Waals surface area contributed by atoms with Gasteiger partial charge in [0.1, 0.15) is 6.54 Å². The summed E-state index contributed by atoms with van der Waals surface area (Å²) < 4.78 is 2.01. The molecule has 0 bridgehead atoms. The number of piperazine rings is 1. The Balaban J connectivity index is 1.45. The number of amides is 3. The minimum atomic E-state index is -0.187. The summed E-state index contributed by atoms with van der Waals surface area (Å²) in [5.41, 5.74) is 4.41. The molecule has 2 heterocycles. The molecule has 1 aliphatic heterocycles. The monoisotopic (exact) mass is 369 g/mol. The van der Waals surface area contributed by atoms with Crippen molar-refractivity contribution in [2.75, 3.05) is 26.2 Å². The summed E-state index contributed by atoms with van der Waals surface area (Å²) in [7, 11) is 0. The van der Waals surface area contributed by atoms with Crippen LogP contribution in [0.5, 0.6) is 0 Å². The van der Waals surface area contributed by atoms with E-state index < -0.39 is 0 Å². The number of benzene rings is 1. The molecule has 0 atom stereocenters. The third-order valence-corrected chi connectivity index (χ3v) is 5.07. The molecule has 0 aliphatic carbocycles. The minimum Gasteiger partial charge on any atom is -0.336 e. The number of hydrogen-bond acceptors (Lipinski definition) is 3. The number of nitrogens with one attached hydrogen (secondary N) is 1. The van der Waals surface area contributed by atoms with Gasteiger partial charge in [-0.2, -0.15) is 0 Å². The molecular weight excluding hydrogens is 342 g/mol. The summed E-state index contributed by atoms with van der Waals surface area (Å²) >= 11 is 0. The first kappa shape index (κ1) is 18.9. The lowest BCUT2D eigenvalue weighted by Crippen LogP contribution is -2.54. The molecule has 144 valence electrons. The molecule has 1 aromatic heterocycles. The van der Waals surface area contributed by atoms with Crippen molar-refractivity contribution in [1.82, 2.24) is 24.7 Å². The number of aryl methyl sites for hydroxylation is 2. The van der Waals surface area contributed by atoms with Crippen molar-refractivity contribution in [1.29, 1.82) is 0 Å². The molecule has 7 nitrogen and oxygen atoms in total. The average Bonchev–Trinajstić information content (AvgIpc) is 2.97. The number of aromatic nitrogens is 2. The zero-order chi connectivity index (χ0) is 19.4. The molecule has 1 aromatic carbocycles. The van der Waals surface area contributed by atoms with Crippen molar-refractivity contribution in [3.05, 3.63) is 53.1 Å². The summed E-state index contributed by atoms with van der Waals surface area (Å²) in [6, 6.07) is 8.00. The SMILES string of the molecule is Cc1ccc(CN2CCN(C(=O)NCCn3cnc(C)c3C)CC2=O)cc1. The number of carbonyl (C=O) groups excluding carboxylic acids is 2. The highest BCUT2D eigenvalue weighted by molar-refractivity contribution is 5.85. The maximum atomic E-state index is 12.4. The van der Waals surface area contributed by atoms with Gasteiger partial charge in [-0.25, -0.2) is 9.78 Å². The lowest BCUT2D eigenvalue weighted by molar-refractivity contribution is -0.135. The van der Waals surface area contributed by atoms with Crippen molar-refractivity contribution >= 4 is 11.9 Å². The van der Waals surface area contributed by atoms with E-state index in [1.54, 1.807) is 11.2 Å². The van der Waals surface area contributed by atoms with Crippen LogP contribution in [0.3, 0.4) is 0 Å². The van der Waals surface area contributed by atoms with E-state index in [9.17, 15) is 9.59 Å². The number of carbonyl (C=O) groups is 2. The quantitative estimate of drug-likeness (QED) is 0.875. The lowest BCUT2D eigenvalue weighted by atomic mass is 10.1. The molecule has 0 unspecified atom stereocenters. The smallest absolute Gasteiger partial charge is 0.317 e. The van der Waals surface area contributed by atoms with Gasteiger partial charge in [-0.15, -0.1) is 0 Å².